The summed E-state index contributed by atoms with van der Waals surface area (Å²) in [7, 11) is 0. The van der Waals surface area contributed by atoms with Gasteiger partial charge in [0.25, 0.3) is 5.69 Å². The van der Waals surface area contributed by atoms with Gasteiger partial charge in [0.05, 0.1) is 74.5 Å². The number of rotatable bonds is 6. The molecule has 0 saturated carbocycles. The molecule has 16 heteroatoms. The fourth-order valence-corrected chi connectivity index (χ4v) is 5.50. The largest absolute Gasteiger partial charge is 0.507 e. The lowest BCUT2D eigenvalue weighted by Crippen LogP contribution is -2.18. The molecule has 2 atom stereocenters. The number of hydrogen-bond acceptors (Lipinski definition) is 12. The lowest BCUT2D eigenvalue weighted by Gasteiger charge is -2.21. The summed E-state index contributed by atoms with van der Waals surface area (Å²) in [5, 5.41) is 42.3. The molecule has 0 aliphatic carbocycles. The third-order valence-corrected chi connectivity index (χ3v) is 8.58. The van der Waals surface area contributed by atoms with Gasteiger partial charge < -0.3 is 28.8 Å². The van der Waals surface area contributed by atoms with Gasteiger partial charge in [-0.05, 0) is 53.6 Å². The molecule has 5 rings (SSSR count). The zero-order valence-corrected chi connectivity index (χ0v) is 29.7. The van der Waals surface area contributed by atoms with Crippen molar-refractivity contribution in [2.75, 3.05) is 39.6 Å². The summed E-state index contributed by atoms with van der Waals surface area (Å²) in [6.45, 7) is 1.46. The van der Waals surface area contributed by atoms with Crippen LogP contribution < -0.4 is 0 Å². The molecule has 1 aliphatic heterocycles. The minimum absolute atomic E-state index is 0.0443. The molecule has 4 aromatic carbocycles. The van der Waals surface area contributed by atoms with Crippen LogP contribution in [0.5, 0.6) is 5.75 Å². The van der Waals surface area contributed by atoms with Gasteiger partial charge in [0.15, 0.2) is 5.69 Å². The molecule has 14 nitrogen and oxygen atoms in total. The second-order valence-electron chi connectivity index (χ2n) is 11.0. The Morgan fingerprint density at radius 2 is 1.18 bits per heavy atom. The Bertz CT molecular complexity index is 1720. The Kier molecular flexibility index (Phi) is 13.5. The highest BCUT2D eigenvalue weighted by molar-refractivity contribution is 9.10. The van der Waals surface area contributed by atoms with E-state index in [1.807, 2.05) is 48.5 Å². The standard InChI is InChI=1S/C34H32Br2N4O10/c35-26-5-1-22(2-6-26)32-20-47-18-24-15-28(37-38-30-10-9-29(39(42)43)17-31(30)40(44)45)16-25(34(24)41)19-48-21-33(23-3-7-27(36)8-4-23)50-14-12-46-11-13-49-32/h1-10,15-17,32-33,41H,11-14,18-21H2/t32-,33-/m1/s1. The number of azo groups is 1. The van der Waals surface area contributed by atoms with Crippen LogP contribution in [0, 0.1) is 20.2 Å². The van der Waals surface area contributed by atoms with E-state index in [9.17, 15) is 25.3 Å². The van der Waals surface area contributed by atoms with Gasteiger partial charge in [0.1, 0.15) is 18.0 Å². The molecule has 1 heterocycles. The number of ether oxygens (including phenoxy) is 5. The van der Waals surface area contributed by atoms with Crippen molar-refractivity contribution in [3.63, 3.8) is 0 Å². The van der Waals surface area contributed by atoms with Gasteiger partial charge in [-0.1, -0.05) is 56.1 Å². The van der Waals surface area contributed by atoms with Crippen LogP contribution in [-0.2, 0) is 36.9 Å². The van der Waals surface area contributed by atoms with Gasteiger partial charge in [-0.15, -0.1) is 5.11 Å². The molecule has 50 heavy (non-hydrogen) atoms. The predicted molar refractivity (Wildman–Crippen MR) is 188 cm³/mol. The second kappa shape index (κ2) is 18.2. The zero-order valence-electron chi connectivity index (χ0n) is 26.5. The molecule has 0 saturated heterocycles. The van der Waals surface area contributed by atoms with Crippen molar-refractivity contribution in [1.82, 2.24) is 0 Å². The number of phenolic OH excluding ortho intramolecular Hbond substituents is 1. The minimum Gasteiger partial charge on any atom is -0.507 e. The zero-order chi connectivity index (χ0) is 35.5. The van der Waals surface area contributed by atoms with E-state index in [2.05, 4.69) is 42.1 Å². The first-order chi connectivity index (χ1) is 24.2. The van der Waals surface area contributed by atoms with Crippen LogP contribution in [0.2, 0.25) is 0 Å². The van der Waals surface area contributed by atoms with Gasteiger partial charge in [-0.25, -0.2) is 0 Å². The number of fused-ring (bicyclic) bond motifs is 2. The molecular weight excluding hydrogens is 784 g/mol. The van der Waals surface area contributed by atoms with Crippen LogP contribution in [0.1, 0.15) is 34.5 Å². The van der Waals surface area contributed by atoms with Crippen LogP contribution in [-0.4, -0.2) is 54.6 Å². The van der Waals surface area contributed by atoms with Crippen molar-refractivity contribution >= 4 is 54.6 Å². The number of aromatic hydroxyl groups is 1. The first-order valence-corrected chi connectivity index (χ1v) is 16.9. The topological polar surface area (TPSA) is 177 Å². The molecule has 2 bridgehead atoms. The molecule has 4 aromatic rings. The smallest absolute Gasteiger partial charge is 0.303 e. The van der Waals surface area contributed by atoms with Gasteiger partial charge in [-0.2, -0.15) is 5.11 Å². The van der Waals surface area contributed by atoms with Gasteiger partial charge in [-0.3, -0.25) is 20.2 Å². The highest BCUT2D eigenvalue weighted by atomic mass is 79.9. The summed E-state index contributed by atoms with van der Waals surface area (Å²) in [5.74, 6) is -0.0815. The van der Waals surface area contributed by atoms with Crippen molar-refractivity contribution < 1.29 is 38.6 Å². The molecule has 0 aromatic heterocycles. The van der Waals surface area contributed by atoms with E-state index in [0.29, 0.717) is 37.6 Å². The fraction of sp³-hybridized carbons (Fsp3) is 0.294. The number of nitro groups is 2. The molecule has 0 amide bonds. The highest BCUT2D eigenvalue weighted by Crippen LogP contribution is 2.35. The average Bonchev–Trinajstić information content (AvgIpc) is 3.10. The summed E-state index contributed by atoms with van der Waals surface area (Å²) < 4.78 is 32.0. The number of nitrogens with zero attached hydrogens (tertiary/aromatic N) is 4. The second-order valence-corrected chi connectivity index (χ2v) is 12.8. The number of benzene rings is 4. The number of nitro benzene ring substituents is 2. The lowest BCUT2D eigenvalue weighted by molar-refractivity contribution is -0.393. The molecule has 262 valence electrons. The Hall–Kier alpha value is -4.16. The molecule has 0 radical (unpaired) electrons. The molecule has 0 fully saturated rings. The van der Waals surface area contributed by atoms with Crippen LogP contribution in [0.25, 0.3) is 0 Å². The van der Waals surface area contributed by atoms with Crippen molar-refractivity contribution in [1.29, 1.82) is 0 Å². The van der Waals surface area contributed by atoms with E-state index in [4.69, 9.17) is 23.7 Å². The Morgan fingerprint density at radius 1 is 0.660 bits per heavy atom. The summed E-state index contributed by atoms with van der Waals surface area (Å²) in [6.07, 6.45) is -0.891. The number of halogens is 2. The first kappa shape index (κ1) is 37.1. The highest BCUT2D eigenvalue weighted by Gasteiger charge is 2.21. The first-order valence-electron chi connectivity index (χ1n) is 15.3. The molecule has 1 N–H and O–H groups in total. The van der Waals surface area contributed by atoms with E-state index < -0.39 is 33.4 Å². The maximum absolute atomic E-state index is 11.6. The van der Waals surface area contributed by atoms with Crippen LogP contribution >= 0.6 is 31.9 Å². The molecular formula is C34H32Br2N4O10. The number of hydrogen-bond donors (Lipinski definition) is 1. The summed E-state index contributed by atoms with van der Waals surface area (Å²) >= 11 is 6.91. The monoisotopic (exact) mass is 814 g/mol. The Labute approximate surface area is 303 Å². The third kappa shape index (κ3) is 10.4. The summed E-state index contributed by atoms with van der Waals surface area (Å²) in [5.41, 5.74) is 1.51. The van der Waals surface area contributed by atoms with Gasteiger partial charge in [0.2, 0.25) is 0 Å². The maximum atomic E-state index is 11.6. The summed E-state index contributed by atoms with van der Waals surface area (Å²) in [6, 6.07) is 21.5. The van der Waals surface area contributed by atoms with Crippen molar-refractivity contribution in [3.8, 4) is 5.75 Å². The van der Waals surface area contributed by atoms with Crippen molar-refractivity contribution in [2.24, 2.45) is 10.2 Å². The maximum Gasteiger partial charge on any atom is 0.303 e. The SMILES string of the molecule is O=[N+]([O-])c1ccc(N=Nc2cc3c(O)c(c2)COC[C@H](c2ccc(Br)cc2)OCCOCCO[C@@H](c2ccc(Br)cc2)COC3)c([N+](=O)[O-])c1. The Morgan fingerprint density at radius 3 is 1.66 bits per heavy atom. The average molecular weight is 816 g/mol. The van der Waals surface area contributed by atoms with E-state index >= 15 is 0 Å². The number of phenols is 1. The fourth-order valence-electron chi connectivity index (χ4n) is 4.98. The molecule has 1 aliphatic rings. The van der Waals surface area contributed by atoms with E-state index in [1.165, 1.54) is 12.1 Å². The minimum atomic E-state index is -0.768. The summed E-state index contributed by atoms with van der Waals surface area (Å²) in [4.78, 5) is 21.3. The van der Waals surface area contributed by atoms with Crippen molar-refractivity contribution in [3.05, 3.63) is 130 Å². The predicted octanol–water partition coefficient (Wildman–Crippen LogP) is 8.73. The molecule has 0 unspecified atom stereocenters. The molecule has 0 spiro atoms. The quantitative estimate of drug-likeness (QED) is 0.112. The van der Waals surface area contributed by atoms with Crippen LogP contribution in [0.3, 0.4) is 0 Å². The van der Waals surface area contributed by atoms with E-state index in [0.717, 1.165) is 38.3 Å². The lowest BCUT2D eigenvalue weighted by atomic mass is 10.1. The van der Waals surface area contributed by atoms with Gasteiger partial charge >= 0.3 is 5.69 Å². The normalized spacial score (nSPS) is 18.3. The van der Waals surface area contributed by atoms with Crippen LogP contribution in [0.15, 0.2) is 98.0 Å². The van der Waals surface area contributed by atoms with Crippen LogP contribution in [0.4, 0.5) is 22.7 Å². The Balaban J connectivity index is 1.44. The van der Waals surface area contributed by atoms with E-state index in [1.54, 1.807) is 0 Å². The number of non-ortho nitro benzene ring substituents is 1. The van der Waals surface area contributed by atoms with Crippen molar-refractivity contribution in [2.45, 2.75) is 25.4 Å². The third-order valence-electron chi connectivity index (χ3n) is 7.52. The van der Waals surface area contributed by atoms with E-state index in [-0.39, 0.29) is 43.6 Å². The van der Waals surface area contributed by atoms with Gasteiger partial charge in [0, 0.05) is 26.1 Å².